The minimum Gasteiger partial charge on any atom is -0.454 e. The van der Waals surface area contributed by atoms with E-state index in [1.54, 1.807) is 47.8 Å². The van der Waals surface area contributed by atoms with Crippen LogP contribution in [0.4, 0.5) is 5.69 Å². The molecule has 0 aliphatic heterocycles. The number of thiophene rings is 1. The summed E-state index contributed by atoms with van der Waals surface area (Å²) in [5.41, 5.74) is 1.93. The average Bonchev–Trinajstić information content (AvgIpc) is 3.36. The van der Waals surface area contributed by atoms with Crippen molar-refractivity contribution in [2.75, 3.05) is 5.32 Å². The van der Waals surface area contributed by atoms with E-state index in [0.717, 1.165) is 5.56 Å². The molecule has 1 heterocycles. The molecule has 34 heavy (non-hydrogen) atoms. The predicted octanol–water partition coefficient (Wildman–Crippen LogP) is 4.73. The summed E-state index contributed by atoms with van der Waals surface area (Å²) in [5, 5.41) is 13.4. The third-order valence-electron chi connectivity index (χ3n) is 4.88. The van der Waals surface area contributed by atoms with Crippen molar-refractivity contribution in [1.29, 1.82) is 0 Å². The molecule has 0 atom stereocenters. The molecule has 0 aliphatic rings. The van der Waals surface area contributed by atoms with E-state index in [2.05, 4.69) is 10.6 Å². The summed E-state index contributed by atoms with van der Waals surface area (Å²) in [6.45, 7) is 0.940. The molecule has 1 amide bonds. The quantitative estimate of drug-likeness (QED) is 0.312. The lowest BCUT2D eigenvalue weighted by Crippen LogP contribution is -2.18. The topological polar surface area (TPSA) is 111 Å². The molecule has 0 radical (unpaired) electrons. The maximum atomic E-state index is 12.8. The summed E-state index contributed by atoms with van der Waals surface area (Å²) in [6.07, 6.45) is 0. The van der Waals surface area contributed by atoms with Gasteiger partial charge in [-0.05, 0) is 46.8 Å². The first-order valence-corrected chi connectivity index (χ1v) is 12.8. The Labute approximate surface area is 202 Å². The van der Waals surface area contributed by atoms with Gasteiger partial charge in [0.05, 0.1) is 10.6 Å². The van der Waals surface area contributed by atoms with Crippen LogP contribution in [-0.4, -0.2) is 14.3 Å². The van der Waals surface area contributed by atoms with Crippen LogP contribution in [-0.2, 0) is 23.1 Å². The van der Waals surface area contributed by atoms with Crippen LogP contribution in [0.15, 0.2) is 95.2 Å². The number of para-hydroxylation sites is 1. The smallest absolute Gasteiger partial charge is 0.265 e. The highest BCUT2D eigenvalue weighted by Crippen LogP contribution is 2.37. The van der Waals surface area contributed by atoms with Gasteiger partial charge < -0.3 is 15.4 Å². The normalized spacial score (nSPS) is 11.2. The molecule has 0 spiro atoms. The highest BCUT2D eigenvalue weighted by molar-refractivity contribution is 7.89. The van der Waals surface area contributed by atoms with Crippen LogP contribution in [0, 0.1) is 0 Å². The van der Waals surface area contributed by atoms with Crippen LogP contribution in [0.5, 0.6) is 11.5 Å². The minimum atomic E-state index is -4.17. The van der Waals surface area contributed by atoms with Crippen molar-refractivity contribution in [3.63, 3.8) is 0 Å². The van der Waals surface area contributed by atoms with E-state index in [9.17, 15) is 13.2 Å². The molecule has 0 saturated carbocycles. The van der Waals surface area contributed by atoms with Gasteiger partial charge in [-0.3, -0.25) is 4.79 Å². The second kappa shape index (κ2) is 10.6. The van der Waals surface area contributed by atoms with Gasteiger partial charge in [0, 0.05) is 13.1 Å². The SMILES string of the molecule is NS(=O)(=O)c1cc(CNCc2ccccc2)cc(NC(=O)c2cccs2)c1Oc1ccccc1. The number of anilines is 1. The third kappa shape index (κ3) is 6.09. The molecule has 4 N–H and O–H groups in total. The van der Waals surface area contributed by atoms with Crippen LogP contribution >= 0.6 is 11.3 Å². The molecule has 0 fully saturated rings. The molecular weight excluding hydrogens is 470 g/mol. The van der Waals surface area contributed by atoms with Gasteiger partial charge in [0.1, 0.15) is 10.6 Å². The Bertz CT molecular complexity index is 1360. The summed E-state index contributed by atoms with van der Waals surface area (Å²) in [4.78, 5) is 13.1. The Morgan fingerprint density at radius 2 is 1.56 bits per heavy atom. The van der Waals surface area contributed by atoms with Crippen molar-refractivity contribution in [2.24, 2.45) is 5.14 Å². The number of nitrogens with two attached hydrogens (primary N) is 1. The Morgan fingerprint density at radius 3 is 2.21 bits per heavy atom. The molecule has 4 rings (SSSR count). The van der Waals surface area contributed by atoms with Crippen LogP contribution in [0.1, 0.15) is 20.8 Å². The predicted molar refractivity (Wildman–Crippen MR) is 134 cm³/mol. The lowest BCUT2D eigenvalue weighted by Gasteiger charge is -2.17. The fourth-order valence-electron chi connectivity index (χ4n) is 3.32. The molecule has 0 aliphatic carbocycles. The number of rotatable bonds is 9. The summed E-state index contributed by atoms with van der Waals surface area (Å²) < 4.78 is 31.0. The van der Waals surface area contributed by atoms with Crippen molar-refractivity contribution >= 4 is 33.0 Å². The number of carbonyl (C=O) groups is 1. The van der Waals surface area contributed by atoms with Crippen molar-refractivity contribution in [2.45, 2.75) is 18.0 Å². The van der Waals surface area contributed by atoms with Gasteiger partial charge >= 0.3 is 0 Å². The number of primary sulfonamides is 1. The van der Waals surface area contributed by atoms with Crippen LogP contribution < -0.4 is 20.5 Å². The second-order valence-corrected chi connectivity index (χ2v) is 9.93. The maximum absolute atomic E-state index is 12.8. The van der Waals surface area contributed by atoms with Crippen LogP contribution in [0.25, 0.3) is 0 Å². The number of hydrogen-bond donors (Lipinski definition) is 3. The van der Waals surface area contributed by atoms with Gasteiger partial charge in [0.2, 0.25) is 10.0 Å². The first kappa shape index (κ1) is 23.7. The minimum absolute atomic E-state index is 0.0367. The van der Waals surface area contributed by atoms with E-state index in [1.807, 2.05) is 36.4 Å². The zero-order valence-electron chi connectivity index (χ0n) is 18.1. The molecule has 0 saturated heterocycles. The molecule has 174 valence electrons. The first-order valence-electron chi connectivity index (χ1n) is 10.4. The Hall–Kier alpha value is -3.50. The molecule has 9 heteroatoms. The average molecular weight is 494 g/mol. The lowest BCUT2D eigenvalue weighted by molar-refractivity contribution is 0.103. The van der Waals surface area contributed by atoms with Gasteiger partial charge in [-0.2, -0.15) is 0 Å². The van der Waals surface area contributed by atoms with E-state index in [1.165, 1.54) is 17.4 Å². The first-order chi connectivity index (χ1) is 16.4. The van der Waals surface area contributed by atoms with E-state index < -0.39 is 10.0 Å². The number of carbonyl (C=O) groups excluding carboxylic acids is 1. The van der Waals surface area contributed by atoms with Crippen LogP contribution in [0.2, 0.25) is 0 Å². The number of benzene rings is 3. The third-order valence-corrected chi connectivity index (χ3v) is 6.66. The van der Waals surface area contributed by atoms with Crippen molar-refractivity contribution in [1.82, 2.24) is 5.32 Å². The zero-order valence-corrected chi connectivity index (χ0v) is 19.7. The van der Waals surface area contributed by atoms with E-state index >= 15 is 0 Å². The summed E-state index contributed by atoms with van der Waals surface area (Å²) in [6, 6.07) is 25.1. The molecule has 4 aromatic rings. The monoisotopic (exact) mass is 493 g/mol. The molecule has 0 bridgehead atoms. The second-order valence-electron chi connectivity index (χ2n) is 7.45. The van der Waals surface area contributed by atoms with Gasteiger partial charge in [0.25, 0.3) is 5.91 Å². The number of nitrogens with one attached hydrogen (secondary N) is 2. The fourth-order valence-corrected chi connectivity index (χ4v) is 4.66. The molecule has 7 nitrogen and oxygen atoms in total. The number of ether oxygens (including phenoxy) is 1. The van der Waals surface area contributed by atoms with Crippen molar-refractivity contribution < 1.29 is 17.9 Å². The van der Waals surface area contributed by atoms with Crippen molar-refractivity contribution in [3.05, 3.63) is 106 Å². The Morgan fingerprint density at radius 1 is 0.882 bits per heavy atom. The summed E-state index contributed by atoms with van der Waals surface area (Å²) in [7, 11) is -4.17. The molecular formula is C25H23N3O4S2. The number of sulfonamides is 1. The zero-order chi connectivity index (χ0) is 24.0. The fraction of sp³-hybridized carbons (Fsp3) is 0.0800. The molecule has 3 aromatic carbocycles. The standard InChI is InChI=1S/C25H23N3O4S2/c26-34(30,31)23-15-19(17-27-16-18-8-3-1-4-9-18)14-21(28-25(29)22-12-7-13-33-22)24(23)32-20-10-5-2-6-11-20/h1-15,27H,16-17H2,(H,28,29)(H2,26,30,31). The number of hydrogen-bond acceptors (Lipinski definition) is 6. The van der Waals surface area contributed by atoms with Gasteiger partial charge in [-0.1, -0.05) is 54.6 Å². The molecule has 0 unspecified atom stereocenters. The largest absolute Gasteiger partial charge is 0.454 e. The van der Waals surface area contributed by atoms with Crippen molar-refractivity contribution in [3.8, 4) is 11.5 Å². The van der Waals surface area contributed by atoms with E-state index in [0.29, 0.717) is 29.3 Å². The van der Waals surface area contributed by atoms with Gasteiger partial charge in [0.15, 0.2) is 5.75 Å². The summed E-state index contributed by atoms with van der Waals surface area (Å²) in [5.74, 6) is 0.00191. The maximum Gasteiger partial charge on any atom is 0.265 e. The van der Waals surface area contributed by atoms with E-state index in [-0.39, 0.29) is 22.2 Å². The Balaban J connectivity index is 1.70. The lowest BCUT2D eigenvalue weighted by atomic mass is 10.1. The highest BCUT2D eigenvalue weighted by Gasteiger charge is 2.23. The van der Waals surface area contributed by atoms with Gasteiger partial charge in [-0.15, -0.1) is 11.3 Å². The van der Waals surface area contributed by atoms with E-state index in [4.69, 9.17) is 9.88 Å². The highest BCUT2D eigenvalue weighted by atomic mass is 32.2. The Kier molecular flexibility index (Phi) is 7.39. The number of amides is 1. The molecule has 1 aromatic heterocycles. The van der Waals surface area contributed by atoms with Gasteiger partial charge in [-0.25, -0.2) is 13.6 Å². The van der Waals surface area contributed by atoms with Crippen LogP contribution in [0.3, 0.4) is 0 Å². The summed E-state index contributed by atoms with van der Waals surface area (Å²) >= 11 is 1.28.